The zero-order valence-corrected chi connectivity index (χ0v) is 14.6. The van der Waals surface area contributed by atoms with Gasteiger partial charge in [0.2, 0.25) is 0 Å². The summed E-state index contributed by atoms with van der Waals surface area (Å²) in [6.45, 7) is 0. The molecular weight excluding hydrogens is 381 g/mol. The van der Waals surface area contributed by atoms with Gasteiger partial charge in [0.05, 0.1) is 22.2 Å². The van der Waals surface area contributed by atoms with Gasteiger partial charge in [0.1, 0.15) is 5.02 Å². The number of hydrogen-bond acceptors (Lipinski definition) is 3. The molecule has 1 aliphatic carbocycles. The fourth-order valence-corrected chi connectivity index (χ4v) is 4.24. The second-order valence-electron chi connectivity index (χ2n) is 6.71. The van der Waals surface area contributed by atoms with Gasteiger partial charge in [0.25, 0.3) is 5.69 Å². The zero-order valence-electron chi connectivity index (χ0n) is 13.8. The van der Waals surface area contributed by atoms with Gasteiger partial charge in [0, 0.05) is 12.0 Å². The summed E-state index contributed by atoms with van der Waals surface area (Å²) in [5, 5.41) is 14.2. The third-order valence-corrected chi connectivity index (χ3v) is 5.55. The van der Waals surface area contributed by atoms with E-state index < -0.39 is 22.7 Å². The van der Waals surface area contributed by atoms with E-state index in [0.29, 0.717) is 17.5 Å². The highest BCUT2D eigenvalue weighted by Crippen LogP contribution is 2.53. The van der Waals surface area contributed by atoms with Crippen LogP contribution in [-0.2, 0) is 6.18 Å². The fraction of sp³-hybridized carbons (Fsp3) is 0.263. The van der Waals surface area contributed by atoms with Crippen LogP contribution in [-0.4, -0.2) is 4.92 Å². The lowest BCUT2D eigenvalue weighted by atomic mass is 9.76. The molecule has 1 heterocycles. The van der Waals surface area contributed by atoms with E-state index in [4.69, 9.17) is 11.6 Å². The van der Waals surface area contributed by atoms with E-state index in [9.17, 15) is 23.3 Å². The molecule has 0 amide bonds. The van der Waals surface area contributed by atoms with Gasteiger partial charge in [-0.1, -0.05) is 42.0 Å². The van der Waals surface area contributed by atoms with E-state index >= 15 is 0 Å². The normalized spacial score (nSPS) is 23.5. The maximum absolute atomic E-state index is 13.5. The van der Waals surface area contributed by atoms with Crippen molar-refractivity contribution in [3.8, 4) is 0 Å². The van der Waals surface area contributed by atoms with Gasteiger partial charge in [-0.3, -0.25) is 10.1 Å². The third kappa shape index (κ3) is 2.96. The molecule has 0 spiro atoms. The number of nitrogens with zero attached hydrogens (tertiary/aromatic N) is 1. The molecule has 0 unspecified atom stereocenters. The Morgan fingerprint density at radius 1 is 1.22 bits per heavy atom. The molecule has 2 aliphatic rings. The highest BCUT2D eigenvalue weighted by Gasteiger charge is 2.43. The predicted molar refractivity (Wildman–Crippen MR) is 95.9 cm³/mol. The number of hydrogen-bond donors (Lipinski definition) is 1. The first-order valence-corrected chi connectivity index (χ1v) is 8.72. The van der Waals surface area contributed by atoms with E-state index in [1.54, 1.807) is 12.1 Å². The Balaban J connectivity index is 1.84. The zero-order chi connectivity index (χ0) is 19.3. The highest BCUT2D eigenvalue weighted by molar-refractivity contribution is 6.32. The lowest BCUT2D eigenvalue weighted by Crippen LogP contribution is -2.30. The van der Waals surface area contributed by atoms with Gasteiger partial charge in [-0.05, 0) is 35.6 Å². The Morgan fingerprint density at radius 2 is 2.00 bits per heavy atom. The van der Waals surface area contributed by atoms with Crippen LogP contribution >= 0.6 is 11.6 Å². The molecule has 1 aliphatic heterocycles. The highest BCUT2D eigenvalue weighted by atomic mass is 35.5. The minimum Gasteiger partial charge on any atom is -0.377 e. The number of fused-ring (bicyclic) bond motifs is 3. The van der Waals surface area contributed by atoms with Crippen LogP contribution in [0.5, 0.6) is 0 Å². The van der Waals surface area contributed by atoms with Crippen molar-refractivity contribution in [1.82, 2.24) is 0 Å². The van der Waals surface area contributed by atoms with Gasteiger partial charge in [0.15, 0.2) is 0 Å². The standard InChI is InChI=1S/C19H14ClF3N2O2/c20-15-8-7-10(9-16(15)25(26)27)17-12-4-1-3-11(12)13-5-2-6-14(18(13)24-17)19(21,22)23/h1-3,5-9,11-12,17,24H,4H2/t11-,12-,17+/m1/s1. The summed E-state index contributed by atoms with van der Waals surface area (Å²) in [6, 6.07) is 8.06. The van der Waals surface area contributed by atoms with Gasteiger partial charge in [-0.2, -0.15) is 13.2 Å². The lowest BCUT2D eigenvalue weighted by molar-refractivity contribution is -0.384. The second kappa shape index (κ2) is 6.27. The Morgan fingerprint density at radius 3 is 2.70 bits per heavy atom. The second-order valence-corrected chi connectivity index (χ2v) is 7.12. The number of nitro benzene ring substituents is 1. The first kappa shape index (κ1) is 17.9. The molecule has 4 nitrogen and oxygen atoms in total. The summed E-state index contributed by atoms with van der Waals surface area (Å²) in [5.41, 5.74) is 0.205. The number of nitrogens with one attached hydrogen (secondary N) is 1. The topological polar surface area (TPSA) is 55.2 Å². The first-order valence-electron chi connectivity index (χ1n) is 8.34. The molecule has 27 heavy (non-hydrogen) atoms. The number of allylic oxidation sites excluding steroid dienone is 2. The van der Waals surface area contributed by atoms with Crippen LogP contribution in [0.4, 0.5) is 24.5 Å². The van der Waals surface area contributed by atoms with Crippen LogP contribution in [0.25, 0.3) is 0 Å². The number of halogens is 4. The van der Waals surface area contributed by atoms with Crippen molar-refractivity contribution < 1.29 is 18.1 Å². The molecule has 0 saturated carbocycles. The van der Waals surface area contributed by atoms with E-state index in [-0.39, 0.29) is 28.2 Å². The van der Waals surface area contributed by atoms with Gasteiger partial charge >= 0.3 is 6.18 Å². The summed E-state index contributed by atoms with van der Waals surface area (Å²) < 4.78 is 40.5. The van der Waals surface area contributed by atoms with Crippen LogP contribution in [0.15, 0.2) is 48.6 Å². The number of nitro groups is 1. The lowest BCUT2D eigenvalue weighted by Gasteiger charge is -2.38. The predicted octanol–water partition coefficient (Wildman–Crippen LogP) is 6.09. The molecule has 0 bridgehead atoms. The molecule has 3 atom stereocenters. The van der Waals surface area contributed by atoms with Crippen LogP contribution in [0, 0.1) is 16.0 Å². The SMILES string of the molecule is O=[N+]([O-])c1cc([C@@H]2Nc3c(cccc3C(F)(F)F)[C@@H]3C=CC[C@H]32)ccc1Cl. The summed E-state index contributed by atoms with van der Waals surface area (Å²) in [7, 11) is 0. The van der Waals surface area contributed by atoms with Crippen molar-refractivity contribution in [3.63, 3.8) is 0 Å². The Kier molecular flexibility index (Phi) is 4.14. The van der Waals surface area contributed by atoms with Crippen molar-refractivity contribution >= 4 is 23.0 Å². The Labute approximate surface area is 157 Å². The molecular formula is C19H14ClF3N2O2. The van der Waals surface area contributed by atoms with Crippen molar-refractivity contribution in [1.29, 1.82) is 0 Å². The Hall–Kier alpha value is -2.54. The van der Waals surface area contributed by atoms with Gasteiger partial charge < -0.3 is 5.32 Å². The average Bonchev–Trinajstić information content (AvgIpc) is 3.10. The van der Waals surface area contributed by atoms with Gasteiger partial charge in [-0.25, -0.2) is 0 Å². The molecule has 2 aromatic rings. The largest absolute Gasteiger partial charge is 0.418 e. The molecule has 8 heteroatoms. The molecule has 0 radical (unpaired) electrons. The minimum absolute atomic E-state index is 0.00274. The maximum Gasteiger partial charge on any atom is 0.418 e. The summed E-state index contributed by atoms with van der Waals surface area (Å²) in [4.78, 5) is 10.6. The molecule has 4 rings (SSSR count). The molecule has 0 aromatic heterocycles. The average molecular weight is 395 g/mol. The van der Waals surface area contributed by atoms with Crippen molar-refractivity contribution in [2.75, 3.05) is 5.32 Å². The third-order valence-electron chi connectivity index (χ3n) is 5.23. The van der Waals surface area contributed by atoms with Gasteiger partial charge in [-0.15, -0.1) is 0 Å². The minimum atomic E-state index is -4.50. The van der Waals surface area contributed by atoms with E-state index in [1.807, 2.05) is 12.2 Å². The van der Waals surface area contributed by atoms with Crippen LogP contribution in [0.1, 0.15) is 35.1 Å². The number of para-hydroxylation sites is 1. The molecule has 140 valence electrons. The summed E-state index contributed by atoms with van der Waals surface area (Å²) >= 11 is 5.88. The van der Waals surface area contributed by atoms with E-state index in [0.717, 1.165) is 6.07 Å². The molecule has 2 aromatic carbocycles. The molecule has 0 saturated heterocycles. The monoisotopic (exact) mass is 394 g/mol. The van der Waals surface area contributed by atoms with Crippen molar-refractivity contribution in [2.24, 2.45) is 5.92 Å². The van der Waals surface area contributed by atoms with Crippen LogP contribution in [0.3, 0.4) is 0 Å². The number of benzene rings is 2. The fourth-order valence-electron chi connectivity index (χ4n) is 4.05. The Bertz CT molecular complexity index is 958. The van der Waals surface area contributed by atoms with Crippen LogP contribution < -0.4 is 5.32 Å². The maximum atomic E-state index is 13.5. The van der Waals surface area contributed by atoms with E-state index in [2.05, 4.69) is 5.32 Å². The molecule has 0 fully saturated rings. The first-order chi connectivity index (χ1) is 12.8. The van der Waals surface area contributed by atoms with Crippen molar-refractivity contribution in [2.45, 2.75) is 24.6 Å². The smallest absolute Gasteiger partial charge is 0.377 e. The van der Waals surface area contributed by atoms with Crippen molar-refractivity contribution in [3.05, 3.63) is 80.4 Å². The number of rotatable bonds is 2. The number of anilines is 1. The number of alkyl halides is 3. The van der Waals surface area contributed by atoms with E-state index in [1.165, 1.54) is 18.2 Å². The van der Waals surface area contributed by atoms with Crippen LogP contribution in [0.2, 0.25) is 5.02 Å². The molecule has 1 N–H and O–H groups in total. The quantitative estimate of drug-likeness (QED) is 0.380. The summed E-state index contributed by atoms with van der Waals surface area (Å²) in [6.07, 6.45) is 0.0457. The summed E-state index contributed by atoms with van der Waals surface area (Å²) in [5.74, 6) is -0.204.